The van der Waals surface area contributed by atoms with E-state index in [1.165, 1.54) is 7.11 Å². The fraction of sp³-hybridized carbons (Fsp3) is 0.533. The van der Waals surface area contributed by atoms with Gasteiger partial charge in [-0.05, 0) is 43.9 Å². The van der Waals surface area contributed by atoms with Gasteiger partial charge in [-0.25, -0.2) is 4.79 Å². The monoisotopic (exact) mass is 279 g/mol. The zero-order valence-corrected chi connectivity index (χ0v) is 11.9. The van der Waals surface area contributed by atoms with E-state index in [2.05, 4.69) is 0 Å². The summed E-state index contributed by atoms with van der Waals surface area (Å²) in [4.78, 5) is 11.6. The van der Waals surface area contributed by atoms with Crippen molar-refractivity contribution in [2.75, 3.05) is 14.2 Å². The first-order chi connectivity index (χ1) is 9.63. The third kappa shape index (κ3) is 3.42. The number of nitrogens with two attached hydrogens (primary N) is 1. The first kappa shape index (κ1) is 14.7. The van der Waals surface area contributed by atoms with Crippen LogP contribution in [0.1, 0.15) is 36.0 Å². The van der Waals surface area contributed by atoms with Gasteiger partial charge < -0.3 is 19.9 Å². The third-order valence-electron chi connectivity index (χ3n) is 3.60. The average molecular weight is 279 g/mol. The van der Waals surface area contributed by atoms with Crippen molar-refractivity contribution in [2.24, 2.45) is 5.73 Å². The molecule has 2 N–H and O–H groups in total. The second-order valence-corrected chi connectivity index (χ2v) is 5.01. The summed E-state index contributed by atoms with van der Waals surface area (Å²) in [6, 6.07) is 5.32. The maximum Gasteiger partial charge on any atom is 0.337 e. The van der Waals surface area contributed by atoms with Crippen LogP contribution in [0, 0.1) is 0 Å². The molecule has 20 heavy (non-hydrogen) atoms. The van der Waals surface area contributed by atoms with Crippen molar-refractivity contribution in [1.29, 1.82) is 0 Å². The molecule has 1 saturated carbocycles. The van der Waals surface area contributed by atoms with Crippen LogP contribution in [0.3, 0.4) is 0 Å². The van der Waals surface area contributed by atoms with Crippen molar-refractivity contribution < 1.29 is 19.0 Å². The van der Waals surface area contributed by atoms with Crippen LogP contribution in [0.15, 0.2) is 18.2 Å². The van der Waals surface area contributed by atoms with Crippen LogP contribution in [0.25, 0.3) is 0 Å². The molecule has 0 spiro atoms. The molecule has 5 nitrogen and oxygen atoms in total. The Morgan fingerprint density at radius 3 is 2.45 bits per heavy atom. The Labute approximate surface area is 119 Å². The Balaban J connectivity index is 2.14. The maximum atomic E-state index is 11.6. The highest BCUT2D eigenvalue weighted by Gasteiger charge is 2.21. The average Bonchev–Trinajstić information content (AvgIpc) is 2.48. The van der Waals surface area contributed by atoms with E-state index >= 15 is 0 Å². The Morgan fingerprint density at radius 2 is 1.85 bits per heavy atom. The lowest BCUT2D eigenvalue weighted by atomic mass is 9.94. The van der Waals surface area contributed by atoms with Crippen LogP contribution in [0.4, 0.5) is 0 Å². The molecule has 1 aromatic carbocycles. The van der Waals surface area contributed by atoms with E-state index in [9.17, 15) is 4.79 Å². The smallest absolute Gasteiger partial charge is 0.337 e. The van der Waals surface area contributed by atoms with E-state index in [0.29, 0.717) is 17.1 Å². The van der Waals surface area contributed by atoms with E-state index in [4.69, 9.17) is 19.9 Å². The predicted octanol–water partition coefficient (Wildman–Crippen LogP) is 2.13. The molecule has 0 heterocycles. The molecule has 0 saturated heterocycles. The van der Waals surface area contributed by atoms with Crippen molar-refractivity contribution in [2.45, 2.75) is 37.8 Å². The summed E-state index contributed by atoms with van der Waals surface area (Å²) in [5.74, 6) is 0.812. The van der Waals surface area contributed by atoms with E-state index in [0.717, 1.165) is 25.7 Å². The number of hydrogen-bond donors (Lipinski definition) is 1. The summed E-state index contributed by atoms with van der Waals surface area (Å²) in [6.07, 6.45) is 3.89. The summed E-state index contributed by atoms with van der Waals surface area (Å²) in [6.45, 7) is 0. The molecular weight excluding hydrogens is 258 g/mol. The van der Waals surface area contributed by atoms with Gasteiger partial charge in [0.2, 0.25) is 0 Å². The molecule has 1 aromatic rings. The number of rotatable bonds is 4. The number of ether oxygens (including phenoxy) is 3. The maximum absolute atomic E-state index is 11.6. The van der Waals surface area contributed by atoms with Gasteiger partial charge in [-0.3, -0.25) is 0 Å². The van der Waals surface area contributed by atoms with Crippen molar-refractivity contribution in [3.8, 4) is 11.5 Å². The lowest BCUT2D eigenvalue weighted by Crippen LogP contribution is -2.31. The molecule has 0 bridgehead atoms. The van der Waals surface area contributed by atoms with Crippen LogP contribution >= 0.6 is 0 Å². The van der Waals surface area contributed by atoms with Crippen LogP contribution in [-0.2, 0) is 4.74 Å². The Hall–Kier alpha value is -1.75. The van der Waals surface area contributed by atoms with E-state index in [1.807, 2.05) is 0 Å². The summed E-state index contributed by atoms with van der Waals surface area (Å²) in [7, 11) is 2.94. The summed E-state index contributed by atoms with van der Waals surface area (Å²) >= 11 is 0. The molecule has 0 amide bonds. The third-order valence-corrected chi connectivity index (χ3v) is 3.60. The molecule has 0 unspecified atom stereocenters. The number of carbonyl (C=O) groups is 1. The van der Waals surface area contributed by atoms with Gasteiger partial charge in [0.25, 0.3) is 0 Å². The largest absolute Gasteiger partial charge is 0.493 e. The van der Waals surface area contributed by atoms with Crippen molar-refractivity contribution in [3.05, 3.63) is 23.8 Å². The molecule has 0 radical (unpaired) electrons. The van der Waals surface area contributed by atoms with E-state index in [1.54, 1.807) is 25.3 Å². The lowest BCUT2D eigenvalue weighted by Gasteiger charge is -2.27. The van der Waals surface area contributed by atoms with E-state index < -0.39 is 0 Å². The zero-order valence-electron chi connectivity index (χ0n) is 11.9. The van der Waals surface area contributed by atoms with Crippen LogP contribution in [-0.4, -0.2) is 32.3 Å². The molecule has 1 aliphatic rings. The van der Waals surface area contributed by atoms with Gasteiger partial charge in [-0.15, -0.1) is 0 Å². The highest BCUT2D eigenvalue weighted by molar-refractivity contribution is 5.90. The summed E-state index contributed by atoms with van der Waals surface area (Å²) in [5, 5.41) is 0. The minimum Gasteiger partial charge on any atom is -0.493 e. The fourth-order valence-electron chi connectivity index (χ4n) is 2.40. The molecule has 5 heteroatoms. The minimum atomic E-state index is -0.386. The topological polar surface area (TPSA) is 70.8 Å². The highest BCUT2D eigenvalue weighted by Crippen LogP contribution is 2.32. The number of benzene rings is 1. The van der Waals surface area contributed by atoms with Gasteiger partial charge in [0, 0.05) is 6.04 Å². The second kappa shape index (κ2) is 6.61. The Bertz CT molecular complexity index is 467. The van der Waals surface area contributed by atoms with Crippen LogP contribution < -0.4 is 15.2 Å². The lowest BCUT2D eigenvalue weighted by molar-refractivity contribution is 0.0599. The second-order valence-electron chi connectivity index (χ2n) is 5.01. The summed E-state index contributed by atoms with van der Waals surface area (Å²) < 4.78 is 16.0. The van der Waals surface area contributed by atoms with Gasteiger partial charge in [-0.2, -0.15) is 0 Å². The zero-order chi connectivity index (χ0) is 14.5. The minimum absolute atomic E-state index is 0.122. The molecule has 0 aliphatic heterocycles. The number of hydrogen-bond acceptors (Lipinski definition) is 5. The molecule has 0 aromatic heterocycles. The Kier molecular flexibility index (Phi) is 4.84. The molecule has 1 aliphatic carbocycles. The van der Waals surface area contributed by atoms with Crippen LogP contribution in [0.2, 0.25) is 0 Å². The van der Waals surface area contributed by atoms with Gasteiger partial charge in [0.05, 0.1) is 25.9 Å². The first-order valence-electron chi connectivity index (χ1n) is 6.82. The standard InChI is InChI=1S/C15H21NO4/c1-18-13-8-3-10(15(17)19-2)9-14(13)20-12-6-4-11(16)5-7-12/h3,8-9,11-12H,4-7,16H2,1-2H3. The van der Waals surface area contributed by atoms with Crippen molar-refractivity contribution in [3.63, 3.8) is 0 Å². The predicted molar refractivity (Wildman–Crippen MR) is 75.2 cm³/mol. The molecule has 0 atom stereocenters. The van der Waals surface area contributed by atoms with Gasteiger partial charge in [-0.1, -0.05) is 0 Å². The van der Waals surface area contributed by atoms with Crippen molar-refractivity contribution in [1.82, 2.24) is 0 Å². The van der Waals surface area contributed by atoms with E-state index in [-0.39, 0.29) is 18.1 Å². The number of methoxy groups -OCH3 is 2. The molecule has 2 rings (SSSR count). The normalized spacial score (nSPS) is 22.1. The number of esters is 1. The SMILES string of the molecule is COC(=O)c1ccc(OC)c(OC2CCC(N)CC2)c1. The van der Waals surface area contributed by atoms with Crippen molar-refractivity contribution >= 4 is 5.97 Å². The summed E-state index contributed by atoms with van der Waals surface area (Å²) in [5.41, 5.74) is 6.34. The Morgan fingerprint density at radius 1 is 1.15 bits per heavy atom. The quantitative estimate of drug-likeness (QED) is 0.855. The molecule has 110 valence electrons. The number of carbonyl (C=O) groups excluding carboxylic acids is 1. The highest BCUT2D eigenvalue weighted by atomic mass is 16.5. The molecule has 1 fully saturated rings. The first-order valence-corrected chi connectivity index (χ1v) is 6.82. The van der Waals surface area contributed by atoms with Gasteiger partial charge >= 0.3 is 5.97 Å². The fourth-order valence-corrected chi connectivity index (χ4v) is 2.40. The van der Waals surface area contributed by atoms with Gasteiger partial charge in [0.15, 0.2) is 11.5 Å². The molecular formula is C15H21NO4. The van der Waals surface area contributed by atoms with Crippen LogP contribution in [0.5, 0.6) is 11.5 Å². The van der Waals surface area contributed by atoms with Gasteiger partial charge in [0.1, 0.15) is 0 Å².